The van der Waals surface area contributed by atoms with Gasteiger partial charge in [-0.1, -0.05) is 6.92 Å². The van der Waals surface area contributed by atoms with Crippen LogP contribution in [0.4, 0.5) is 10.5 Å². The number of hydrogen-bond donors (Lipinski definition) is 2. The molecule has 13 nitrogen and oxygen atoms in total. The molecule has 35 heavy (non-hydrogen) atoms. The molecule has 13 heteroatoms. The van der Waals surface area contributed by atoms with Crippen LogP contribution in [-0.4, -0.2) is 56.9 Å². The van der Waals surface area contributed by atoms with Gasteiger partial charge in [0.05, 0.1) is 16.9 Å². The van der Waals surface area contributed by atoms with Gasteiger partial charge in [-0.05, 0) is 45.4 Å². The molecule has 1 aromatic rings. The minimum atomic E-state index is -1.20. The van der Waals surface area contributed by atoms with Crippen LogP contribution in [0.1, 0.15) is 40.2 Å². The number of carbonyl (C=O) groups is 4. The van der Waals surface area contributed by atoms with Gasteiger partial charge in [-0.25, -0.2) is 9.59 Å². The molecule has 0 saturated carbocycles. The van der Waals surface area contributed by atoms with Crippen LogP contribution in [0, 0.1) is 22.0 Å². The number of ether oxygens (including phenoxy) is 2. The van der Waals surface area contributed by atoms with Crippen molar-refractivity contribution in [2.75, 3.05) is 0 Å². The topological polar surface area (TPSA) is 190 Å². The van der Waals surface area contributed by atoms with Gasteiger partial charge in [0.2, 0.25) is 5.91 Å². The van der Waals surface area contributed by atoms with E-state index in [1.807, 2.05) is 0 Å². The normalized spacial score (nSPS) is 18.6. The summed E-state index contributed by atoms with van der Waals surface area (Å²) in [5.74, 6) is -4.26. The van der Waals surface area contributed by atoms with Gasteiger partial charge in [-0.15, -0.1) is 0 Å². The number of β-lactam (4-membered cyclic amide) rings is 1. The quantitative estimate of drug-likeness (QED) is 0.0762. The fourth-order valence-corrected chi connectivity index (χ4v) is 3.47. The lowest BCUT2D eigenvalue weighted by Crippen LogP contribution is -2.68. The molecule has 0 bridgehead atoms. The number of nitro groups is 1. The molecule has 1 aliphatic rings. The lowest BCUT2D eigenvalue weighted by molar-refractivity contribution is -0.384. The molecule has 188 valence electrons. The van der Waals surface area contributed by atoms with Crippen molar-refractivity contribution in [2.45, 2.75) is 58.9 Å². The van der Waals surface area contributed by atoms with Crippen LogP contribution in [0.2, 0.25) is 0 Å². The number of nitrogens with one attached hydrogen (secondary N) is 2. The number of esters is 1. The molecule has 2 N–H and O–H groups in total. The van der Waals surface area contributed by atoms with Crippen LogP contribution in [0.5, 0.6) is 0 Å². The SMILES string of the molecule is CC(C(=O)C(=[N+]=[N-])C(=O)OCc1ccc([N+](=O)[O-])cc1)[C@H]1NC(=O)[C@@H]1C(C)NC(=O)OC(C)(C)C. The number of nitrogens with zero attached hydrogens (tertiary/aromatic N) is 3. The van der Waals surface area contributed by atoms with Gasteiger partial charge in [-0.3, -0.25) is 19.7 Å². The third-order valence-corrected chi connectivity index (χ3v) is 5.28. The summed E-state index contributed by atoms with van der Waals surface area (Å²) in [5, 5.41) is 15.8. The highest BCUT2D eigenvalue weighted by molar-refractivity contribution is 6.62. The Balaban J connectivity index is 2.01. The van der Waals surface area contributed by atoms with Gasteiger partial charge in [0.15, 0.2) is 0 Å². The Morgan fingerprint density at radius 1 is 1.23 bits per heavy atom. The van der Waals surface area contributed by atoms with E-state index in [0.29, 0.717) is 5.56 Å². The Morgan fingerprint density at radius 3 is 2.31 bits per heavy atom. The van der Waals surface area contributed by atoms with Gasteiger partial charge < -0.3 is 25.6 Å². The predicted molar refractivity (Wildman–Crippen MR) is 120 cm³/mol. The number of carbonyl (C=O) groups excluding carboxylic acids is 4. The highest BCUT2D eigenvalue weighted by atomic mass is 16.6. The molecule has 1 fully saturated rings. The Labute approximate surface area is 200 Å². The van der Waals surface area contributed by atoms with Crippen molar-refractivity contribution in [3.8, 4) is 0 Å². The molecule has 0 aliphatic carbocycles. The molecule has 0 aromatic heterocycles. The van der Waals surface area contributed by atoms with Gasteiger partial charge >= 0.3 is 17.8 Å². The number of amides is 2. The minimum absolute atomic E-state index is 0.144. The molecule has 2 unspecified atom stereocenters. The van der Waals surface area contributed by atoms with Crippen molar-refractivity contribution in [3.05, 3.63) is 45.5 Å². The van der Waals surface area contributed by atoms with E-state index in [0.717, 1.165) is 0 Å². The summed E-state index contributed by atoms with van der Waals surface area (Å²) < 4.78 is 10.2. The lowest BCUT2D eigenvalue weighted by atomic mass is 9.75. The summed E-state index contributed by atoms with van der Waals surface area (Å²) in [6.45, 7) is 7.76. The fraction of sp³-hybridized carbons (Fsp3) is 0.500. The Kier molecular flexibility index (Phi) is 8.43. The smallest absolute Gasteiger partial charge is 0.441 e. The largest absolute Gasteiger partial charge is 0.452 e. The van der Waals surface area contributed by atoms with Crippen molar-refractivity contribution in [2.24, 2.45) is 11.8 Å². The number of rotatable bonds is 9. The number of hydrogen-bond acceptors (Lipinski definition) is 8. The summed E-state index contributed by atoms with van der Waals surface area (Å²) in [6, 6.07) is 3.76. The maximum absolute atomic E-state index is 12.8. The van der Waals surface area contributed by atoms with Crippen molar-refractivity contribution in [1.82, 2.24) is 10.6 Å². The average molecular weight is 489 g/mol. The predicted octanol–water partition coefficient (Wildman–Crippen LogP) is 1.54. The maximum Gasteiger partial charge on any atom is 0.441 e. The average Bonchev–Trinajstić information content (AvgIpc) is 2.74. The summed E-state index contributed by atoms with van der Waals surface area (Å²) in [6.07, 6.45) is -0.727. The second-order valence-corrected chi connectivity index (χ2v) is 9.10. The number of ketones is 1. The van der Waals surface area contributed by atoms with Gasteiger partial charge in [-0.2, -0.15) is 4.79 Å². The number of benzene rings is 1. The highest BCUT2D eigenvalue weighted by Gasteiger charge is 2.51. The van der Waals surface area contributed by atoms with Crippen LogP contribution in [0.15, 0.2) is 24.3 Å². The Bertz CT molecular complexity index is 1070. The molecule has 1 aliphatic heterocycles. The molecule has 1 saturated heterocycles. The van der Waals surface area contributed by atoms with E-state index in [9.17, 15) is 34.8 Å². The zero-order chi connectivity index (χ0) is 26.5. The molecule has 1 aromatic carbocycles. The molecular weight excluding hydrogens is 462 g/mol. The first-order valence-corrected chi connectivity index (χ1v) is 10.7. The molecule has 4 atom stereocenters. The molecule has 0 radical (unpaired) electrons. The first-order chi connectivity index (χ1) is 16.2. The van der Waals surface area contributed by atoms with E-state index < -0.39 is 63.9 Å². The van der Waals surface area contributed by atoms with Crippen LogP contribution >= 0.6 is 0 Å². The van der Waals surface area contributed by atoms with Crippen molar-refractivity contribution in [1.29, 1.82) is 0 Å². The van der Waals surface area contributed by atoms with E-state index in [1.54, 1.807) is 27.7 Å². The van der Waals surface area contributed by atoms with E-state index in [-0.39, 0.29) is 12.3 Å². The van der Waals surface area contributed by atoms with Crippen molar-refractivity contribution < 1.29 is 38.4 Å². The summed E-state index contributed by atoms with van der Waals surface area (Å²) in [7, 11) is 0. The Hall–Kier alpha value is -4.12. The van der Waals surface area contributed by atoms with E-state index in [1.165, 1.54) is 31.2 Å². The van der Waals surface area contributed by atoms with Crippen LogP contribution in [0.3, 0.4) is 0 Å². The number of Topliss-reactive ketones (excluding diaryl/α,β-unsaturated/α-hetero) is 1. The molecule has 0 spiro atoms. The van der Waals surface area contributed by atoms with E-state index in [4.69, 9.17) is 9.47 Å². The highest BCUT2D eigenvalue weighted by Crippen LogP contribution is 2.27. The summed E-state index contributed by atoms with van der Waals surface area (Å²) in [5.41, 5.74) is 7.93. The number of nitro benzene ring substituents is 1. The minimum Gasteiger partial charge on any atom is -0.452 e. The number of non-ortho nitro benzene ring substituents is 1. The Morgan fingerprint density at radius 2 is 1.83 bits per heavy atom. The molecule has 2 rings (SSSR count). The molecule has 2 amide bonds. The van der Waals surface area contributed by atoms with Crippen LogP contribution < -0.4 is 10.6 Å². The number of alkyl carbamates (subject to hydrolysis) is 1. The van der Waals surface area contributed by atoms with Crippen LogP contribution in [0.25, 0.3) is 5.53 Å². The van der Waals surface area contributed by atoms with Crippen molar-refractivity contribution >= 4 is 35.2 Å². The van der Waals surface area contributed by atoms with E-state index in [2.05, 4.69) is 15.4 Å². The summed E-state index contributed by atoms with van der Waals surface area (Å²) >= 11 is 0. The third kappa shape index (κ3) is 6.93. The van der Waals surface area contributed by atoms with Gasteiger partial charge in [0, 0.05) is 24.1 Å². The zero-order valence-electron chi connectivity index (χ0n) is 19.9. The van der Waals surface area contributed by atoms with Gasteiger partial charge in [0.1, 0.15) is 12.2 Å². The van der Waals surface area contributed by atoms with Gasteiger partial charge in [0.25, 0.3) is 11.5 Å². The maximum atomic E-state index is 12.8. The first kappa shape index (κ1) is 27.1. The van der Waals surface area contributed by atoms with Crippen LogP contribution in [-0.2, 0) is 30.5 Å². The zero-order valence-corrected chi connectivity index (χ0v) is 19.9. The van der Waals surface area contributed by atoms with Crippen molar-refractivity contribution in [3.63, 3.8) is 0 Å². The third-order valence-electron chi connectivity index (χ3n) is 5.28. The standard InChI is InChI=1S/C22H27N5O8/c1-11(16-15(19(29)25-16)12(2)24-21(31)35-22(3,4)5)18(28)17(26-23)20(30)34-10-13-6-8-14(9-7-13)27(32)33/h6-9,11-12,15-16H,10H2,1-5H3,(H,24,31)(H,25,29)/t11?,12?,15-,16-/m1/s1. The second-order valence-electron chi connectivity index (χ2n) is 9.10. The fourth-order valence-electron chi connectivity index (χ4n) is 3.47. The lowest BCUT2D eigenvalue weighted by Gasteiger charge is -2.42. The monoisotopic (exact) mass is 489 g/mol. The summed E-state index contributed by atoms with van der Waals surface area (Å²) in [4.78, 5) is 62.3. The first-order valence-electron chi connectivity index (χ1n) is 10.7. The molecule has 1 heterocycles. The van der Waals surface area contributed by atoms with E-state index >= 15 is 0 Å². The second kappa shape index (κ2) is 10.9. The molecular formula is C22H27N5O8.